The summed E-state index contributed by atoms with van der Waals surface area (Å²) in [4.78, 5) is 37.8. The average molecular weight is 980 g/mol. The fraction of sp³-hybridized carbons (Fsp3) is 0.585. The Kier molecular flexibility index (Phi) is 54.0. The van der Waals surface area contributed by atoms with E-state index >= 15 is 0 Å². The molecular weight excluding hydrogens is 877 g/mol. The molecule has 1 unspecified atom stereocenters. The molecular formula is C65H102O6. The van der Waals surface area contributed by atoms with E-state index in [4.69, 9.17) is 14.2 Å². The minimum Gasteiger partial charge on any atom is -0.462 e. The summed E-state index contributed by atoms with van der Waals surface area (Å²) in [6, 6.07) is 0. The first-order chi connectivity index (χ1) is 35.0. The average Bonchev–Trinajstić information content (AvgIpc) is 3.37. The second-order valence-corrected chi connectivity index (χ2v) is 18.1. The van der Waals surface area contributed by atoms with Crippen molar-refractivity contribution in [2.75, 3.05) is 13.2 Å². The molecule has 0 fully saturated rings. The van der Waals surface area contributed by atoms with Crippen molar-refractivity contribution < 1.29 is 28.6 Å². The molecule has 0 aliphatic carbocycles. The van der Waals surface area contributed by atoms with Gasteiger partial charge < -0.3 is 14.2 Å². The van der Waals surface area contributed by atoms with Gasteiger partial charge in [0.05, 0.1) is 0 Å². The smallest absolute Gasteiger partial charge is 0.306 e. The van der Waals surface area contributed by atoms with Crippen LogP contribution in [-0.2, 0) is 28.6 Å². The van der Waals surface area contributed by atoms with Crippen LogP contribution in [0.5, 0.6) is 0 Å². The predicted octanol–water partition coefficient (Wildman–Crippen LogP) is 19.2. The van der Waals surface area contributed by atoms with Crippen LogP contribution in [0.3, 0.4) is 0 Å². The van der Waals surface area contributed by atoms with Gasteiger partial charge in [0.2, 0.25) is 0 Å². The molecule has 0 aliphatic heterocycles. The summed E-state index contributed by atoms with van der Waals surface area (Å²) in [5.41, 5.74) is 0. The van der Waals surface area contributed by atoms with Gasteiger partial charge >= 0.3 is 17.9 Å². The zero-order chi connectivity index (χ0) is 51.4. The Morgan fingerprint density at radius 1 is 0.296 bits per heavy atom. The summed E-state index contributed by atoms with van der Waals surface area (Å²) < 4.78 is 16.7. The van der Waals surface area contributed by atoms with Crippen molar-refractivity contribution in [1.29, 1.82) is 0 Å². The van der Waals surface area contributed by atoms with Crippen molar-refractivity contribution in [1.82, 2.24) is 0 Å². The van der Waals surface area contributed by atoms with E-state index in [2.05, 4.69) is 167 Å². The van der Waals surface area contributed by atoms with Gasteiger partial charge in [-0.05, 0) is 122 Å². The molecule has 398 valence electrons. The molecule has 71 heavy (non-hydrogen) atoms. The van der Waals surface area contributed by atoms with Crippen LogP contribution in [0, 0.1) is 0 Å². The largest absolute Gasteiger partial charge is 0.462 e. The van der Waals surface area contributed by atoms with Gasteiger partial charge in [-0.2, -0.15) is 0 Å². The number of unbranched alkanes of at least 4 members (excludes halogenated alkanes) is 14. The van der Waals surface area contributed by atoms with Gasteiger partial charge in [-0.1, -0.05) is 231 Å². The molecule has 0 aliphatic rings. The Morgan fingerprint density at radius 3 is 0.873 bits per heavy atom. The molecule has 0 saturated carbocycles. The van der Waals surface area contributed by atoms with Crippen LogP contribution in [0.2, 0.25) is 0 Å². The second kappa shape index (κ2) is 57.9. The van der Waals surface area contributed by atoms with Crippen LogP contribution < -0.4 is 0 Å². The summed E-state index contributed by atoms with van der Waals surface area (Å²) >= 11 is 0. The van der Waals surface area contributed by atoms with E-state index in [1.165, 1.54) is 25.7 Å². The van der Waals surface area contributed by atoms with Crippen molar-refractivity contribution in [3.63, 3.8) is 0 Å². The molecule has 0 rings (SSSR count). The second-order valence-electron chi connectivity index (χ2n) is 18.1. The topological polar surface area (TPSA) is 78.9 Å². The molecule has 0 N–H and O–H groups in total. The Balaban J connectivity index is 4.21. The summed E-state index contributed by atoms with van der Waals surface area (Å²) in [6.45, 7) is 6.30. The van der Waals surface area contributed by atoms with E-state index in [1.54, 1.807) is 0 Å². The fourth-order valence-electron chi connectivity index (χ4n) is 7.15. The molecule has 0 aromatic carbocycles. The fourth-order valence-corrected chi connectivity index (χ4v) is 7.15. The van der Waals surface area contributed by atoms with E-state index < -0.39 is 6.10 Å². The van der Waals surface area contributed by atoms with Gasteiger partial charge in [-0.3, -0.25) is 14.4 Å². The first-order valence-electron chi connectivity index (χ1n) is 28.3. The van der Waals surface area contributed by atoms with E-state index in [-0.39, 0.29) is 37.5 Å². The minimum atomic E-state index is -0.803. The third-order valence-corrected chi connectivity index (χ3v) is 11.3. The van der Waals surface area contributed by atoms with Crippen molar-refractivity contribution in [2.24, 2.45) is 0 Å². The summed E-state index contributed by atoms with van der Waals surface area (Å²) in [5.74, 6) is -0.967. The lowest BCUT2D eigenvalue weighted by atomic mass is 10.1. The van der Waals surface area contributed by atoms with Crippen LogP contribution >= 0.6 is 0 Å². The van der Waals surface area contributed by atoms with Gasteiger partial charge in [0.15, 0.2) is 6.10 Å². The SMILES string of the molecule is CC/C=C\C/C=C\C/C=C\C/C=C\C/C=C\C/C=C\C/C=C\C/C=C\C/C=C\CCCCCCCC(=O)OCC(COC(=O)CCCCCCCCC)OC(=O)CCCCC/C=C\C/C=C\C/C=C\CC. The minimum absolute atomic E-state index is 0.100. The standard InChI is InChI=1S/C65H102O6/c1-4-7-10-13-16-18-20-22-23-24-25-26-27-28-29-30-31-32-33-34-35-36-37-38-39-40-41-43-44-46-49-52-55-58-64(67)70-61-62(60-69-63(66)57-54-51-48-15-12-9-6-3)71-65(68)59-56-53-50-47-45-42-21-19-17-14-11-8-5-2/h7-8,10-11,16-19,22-23,25-26,28-29,31-32,34-35,37-38,40-42,45,62H,4-6,9,12-15,20-21,24,27,30,33,36,39,43-44,46-61H2,1-3H3/b10-7-,11-8-,18-16-,19-17-,23-22-,26-25-,29-28-,32-31-,35-34-,38-37-,41-40-,45-42-. The predicted molar refractivity (Wildman–Crippen MR) is 306 cm³/mol. The maximum absolute atomic E-state index is 12.7. The van der Waals surface area contributed by atoms with Gasteiger partial charge in [-0.25, -0.2) is 0 Å². The third-order valence-electron chi connectivity index (χ3n) is 11.3. The summed E-state index contributed by atoms with van der Waals surface area (Å²) in [7, 11) is 0. The zero-order valence-corrected chi connectivity index (χ0v) is 45.4. The van der Waals surface area contributed by atoms with Crippen LogP contribution in [-0.4, -0.2) is 37.2 Å². The van der Waals surface area contributed by atoms with Crippen LogP contribution in [0.15, 0.2) is 146 Å². The Morgan fingerprint density at radius 2 is 0.549 bits per heavy atom. The van der Waals surface area contributed by atoms with Crippen LogP contribution in [0.4, 0.5) is 0 Å². The third kappa shape index (κ3) is 56.1. The first-order valence-corrected chi connectivity index (χ1v) is 28.3. The van der Waals surface area contributed by atoms with Crippen molar-refractivity contribution in [3.8, 4) is 0 Å². The lowest BCUT2D eigenvalue weighted by molar-refractivity contribution is -0.167. The number of hydrogen-bond acceptors (Lipinski definition) is 6. The van der Waals surface area contributed by atoms with Gasteiger partial charge in [-0.15, -0.1) is 0 Å². The van der Waals surface area contributed by atoms with Crippen molar-refractivity contribution in [3.05, 3.63) is 146 Å². The van der Waals surface area contributed by atoms with Gasteiger partial charge in [0.25, 0.3) is 0 Å². The van der Waals surface area contributed by atoms with Gasteiger partial charge in [0, 0.05) is 19.3 Å². The molecule has 0 radical (unpaired) electrons. The number of hydrogen-bond donors (Lipinski definition) is 0. The molecule has 0 aromatic rings. The van der Waals surface area contributed by atoms with E-state index in [0.717, 1.165) is 161 Å². The maximum Gasteiger partial charge on any atom is 0.306 e. The van der Waals surface area contributed by atoms with E-state index in [0.29, 0.717) is 12.8 Å². The number of carbonyl (C=O) groups excluding carboxylic acids is 3. The van der Waals surface area contributed by atoms with Gasteiger partial charge in [0.1, 0.15) is 13.2 Å². The number of esters is 3. The number of carbonyl (C=O) groups is 3. The van der Waals surface area contributed by atoms with Crippen molar-refractivity contribution >= 4 is 17.9 Å². The summed E-state index contributed by atoms with van der Waals surface area (Å²) in [6.07, 6.45) is 83.0. The molecule has 0 amide bonds. The Labute approximate surface area is 436 Å². The quantitative estimate of drug-likeness (QED) is 0.0262. The Bertz CT molecular complexity index is 1590. The number of allylic oxidation sites excluding steroid dienone is 24. The van der Waals surface area contributed by atoms with E-state index in [9.17, 15) is 14.4 Å². The van der Waals surface area contributed by atoms with Crippen molar-refractivity contribution in [2.45, 2.75) is 232 Å². The van der Waals surface area contributed by atoms with Crippen LogP contribution in [0.25, 0.3) is 0 Å². The highest BCUT2D eigenvalue weighted by Crippen LogP contribution is 2.13. The summed E-state index contributed by atoms with van der Waals surface area (Å²) in [5, 5.41) is 0. The van der Waals surface area contributed by atoms with E-state index in [1.807, 2.05) is 0 Å². The molecule has 6 heteroatoms. The lowest BCUT2D eigenvalue weighted by Crippen LogP contribution is -2.30. The highest BCUT2D eigenvalue weighted by atomic mass is 16.6. The molecule has 6 nitrogen and oxygen atoms in total. The highest BCUT2D eigenvalue weighted by Gasteiger charge is 2.19. The Hall–Kier alpha value is -4.71. The molecule has 0 aromatic heterocycles. The monoisotopic (exact) mass is 979 g/mol. The highest BCUT2D eigenvalue weighted by molar-refractivity contribution is 5.71. The normalized spacial score (nSPS) is 13.2. The lowest BCUT2D eigenvalue weighted by Gasteiger charge is -2.18. The molecule has 0 heterocycles. The molecule has 0 spiro atoms. The molecule has 1 atom stereocenters. The first kappa shape index (κ1) is 66.3. The number of ether oxygens (including phenoxy) is 3. The molecule has 0 saturated heterocycles. The zero-order valence-electron chi connectivity index (χ0n) is 45.4. The number of rotatable bonds is 49. The maximum atomic E-state index is 12.7. The van der Waals surface area contributed by atoms with Crippen LogP contribution in [0.1, 0.15) is 226 Å². The molecule has 0 bridgehead atoms.